The zero-order valence-electron chi connectivity index (χ0n) is 12.1. The quantitative estimate of drug-likeness (QED) is 0.730. The van der Waals surface area contributed by atoms with E-state index in [1.54, 1.807) is 12.1 Å². The molecule has 20 heavy (non-hydrogen) atoms. The van der Waals surface area contributed by atoms with E-state index in [2.05, 4.69) is 20.8 Å². The van der Waals surface area contributed by atoms with E-state index in [1.165, 1.54) is 0 Å². The molecule has 6 nitrogen and oxygen atoms in total. The van der Waals surface area contributed by atoms with Crippen molar-refractivity contribution in [1.82, 2.24) is 20.8 Å². The Morgan fingerprint density at radius 1 is 0.900 bits per heavy atom. The van der Waals surface area contributed by atoms with Gasteiger partial charge in [0.1, 0.15) is 0 Å². The molecule has 110 valence electrons. The van der Waals surface area contributed by atoms with Crippen LogP contribution in [0, 0.1) is 0 Å². The van der Waals surface area contributed by atoms with Gasteiger partial charge in [0.2, 0.25) is 11.8 Å². The molecule has 1 rings (SSSR count). The number of nitrogens with one attached hydrogen (secondary N) is 2. The number of carbonyl (C=O) groups is 2. The van der Waals surface area contributed by atoms with Crippen LogP contribution in [0.2, 0.25) is 0 Å². The van der Waals surface area contributed by atoms with E-state index >= 15 is 0 Å². The highest BCUT2D eigenvalue weighted by atomic mass is 16.2. The van der Waals surface area contributed by atoms with Crippen LogP contribution >= 0.6 is 0 Å². The van der Waals surface area contributed by atoms with Crippen molar-refractivity contribution in [3.63, 3.8) is 0 Å². The molecule has 0 spiro atoms. The summed E-state index contributed by atoms with van der Waals surface area (Å²) in [4.78, 5) is 23.0. The van der Waals surface area contributed by atoms with Gasteiger partial charge in [0.05, 0.1) is 24.2 Å². The van der Waals surface area contributed by atoms with Gasteiger partial charge in [-0.3, -0.25) is 9.59 Å². The van der Waals surface area contributed by atoms with Gasteiger partial charge in [0.15, 0.2) is 0 Å². The van der Waals surface area contributed by atoms with Crippen molar-refractivity contribution < 1.29 is 9.59 Å². The lowest BCUT2D eigenvalue weighted by Crippen LogP contribution is -2.27. The van der Waals surface area contributed by atoms with Gasteiger partial charge in [0.25, 0.3) is 0 Å². The van der Waals surface area contributed by atoms with Gasteiger partial charge in [-0.15, -0.1) is 0 Å². The molecule has 6 heteroatoms. The molecule has 0 saturated carbocycles. The standard InChI is InChI=1S/C14H22N4O2/c1-3-7-15-13(19)9-11-5-6-12(18-17-11)10-14(20)16-8-4-2/h5-6H,3-4,7-10H2,1-2H3,(H,15,19)(H,16,20). The number of hydrogen-bond donors (Lipinski definition) is 2. The van der Waals surface area contributed by atoms with Crippen LogP contribution < -0.4 is 10.6 Å². The third-order valence-electron chi connectivity index (χ3n) is 2.60. The number of carbonyl (C=O) groups excluding carboxylic acids is 2. The van der Waals surface area contributed by atoms with E-state index in [1.807, 2.05) is 13.8 Å². The Kier molecular flexibility index (Phi) is 7.24. The predicted octanol–water partition coefficient (Wildman–Crippen LogP) is 0.614. The van der Waals surface area contributed by atoms with E-state index in [0.29, 0.717) is 24.5 Å². The molecule has 2 N–H and O–H groups in total. The van der Waals surface area contributed by atoms with Crippen LogP contribution in [0.1, 0.15) is 38.1 Å². The molecule has 0 aromatic carbocycles. The predicted molar refractivity (Wildman–Crippen MR) is 76.0 cm³/mol. The first-order chi connectivity index (χ1) is 9.65. The Hall–Kier alpha value is -1.98. The van der Waals surface area contributed by atoms with Gasteiger partial charge in [-0.2, -0.15) is 10.2 Å². The summed E-state index contributed by atoms with van der Waals surface area (Å²) < 4.78 is 0. The third kappa shape index (κ3) is 6.26. The molecule has 0 aliphatic carbocycles. The largest absolute Gasteiger partial charge is 0.356 e. The SMILES string of the molecule is CCCNC(=O)Cc1ccc(CC(=O)NCCC)nn1. The Morgan fingerprint density at radius 2 is 1.30 bits per heavy atom. The molecule has 0 aliphatic rings. The van der Waals surface area contributed by atoms with Crippen LogP contribution in [-0.2, 0) is 22.4 Å². The van der Waals surface area contributed by atoms with E-state index < -0.39 is 0 Å². The smallest absolute Gasteiger partial charge is 0.226 e. The molecule has 1 aromatic rings. The highest BCUT2D eigenvalue weighted by molar-refractivity contribution is 5.78. The van der Waals surface area contributed by atoms with Crippen molar-refractivity contribution >= 4 is 11.8 Å². The summed E-state index contributed by atoms with van der Waals surface area (Å²) in [5, 5.41) is 13.5. The molecule has 0 fully saturated rings. The Labute approximate surface area is 119 Å². The van der Waals surface area contributed by atoms with E-state index in [4.69, 9.17) is 0 Å². The first-order valence-corrected chi connectivity index (χ1v) is 7.00. The zero-order chi connectivity index (χ0) is 14.8. The normalized spacial score (nSPS) is 10.1. The Bertz CT molecular complexity index is 390. The number of nitrogens with zero attached hydrogens (tertiary/aromatic N) is 2. The molecule has 0 unspecified atom stereocenters. The van der Waals surface area contributed by atoms with Gasteiger partial charge in [-0.1, -0.05) is 13.8 Å². The fourth-order valence-corrected chi connectivity index (χ4v) is 1.56. The second-order valence-electron chi connectivity index (χ2n) is 4.57. The van der Waals surface area contributed by atoms with Gasteiger partial charge in [-0.05, 0) is 25.0 Å². The highest BCUT2D eigenvalue weighted by Crippen LogP contribution is 1.99. The van der Waals surface area contributed by atoms with Crippen molar-refractivity contribution in [2.45, 2.75) is 39.5 Å². The fourth-order valence-electron chi connectivity index (χ4n) is 1.56. The minimum atomic E-state index is -0.0606. The van der Waals surface area contributed by atoms with Crippen molar-refractivity contribution in [3.05, 3.63) is 23.5 Å². The summed E-state index contributed by atoms with van der Waals surface area (Å²) in [6.07, 6.45) is 2.25. The third-order valence-corrected chi connectivity index (χ3v) is 2.60. The Morgan fingerprint density at radius 3 is 1.60 bits per heavy atom. The average molecular weight is 278 g/mol. The first-order valence-electron chi connectivity index (χ1n) is 7.00. The van der Waals surface area contributed by atoms with Crippen LogP contribution in [0.4, 0.5) is 0 Å². The lowest BCUT2D eigenvalue weighted by Gasteiger charge is -2.04. The molecule has 0 bridgehead atoms. The summed E-state index contributed by atoms with van der Waals surface area (Å²) >= 11 is 0. The summed E-state index contributed by atoms with van der Waals surface area (Å²) in [7, 11) is 0. The van der Waals surface area contributed by atoms with Crippen LogP contribution in [0.15, 0.2) is 12.1 Å². The molecular weight excluding hydrogens is 256 g/mol. The summed E-state index contributed by atoms with van der Waals surface area (Å²) in [5.41, 5.74) is 1.22. The van der Waals surface area contributed by atoms with Crippen molar-refractivity contribution in [3.8, 4) is 0 Å². The topological polar surface area (TPSA) is 84.0 Å². The summed E-state index contributed by atoms with van der Waals surface area (Å²) in [6, 6.07) is 3.47. The van der Waals surface area contributed by atoms with E-state index in [0.717, 1.165) is 12.8 Å². The van der Waals surface area contributed by atoms with Crippen LogP contribution in [0.5, 0.6) is 0 Å². The fraction of sp³-hybridized carbons (Fsp3) is 0.571. The van der Waals surface area contributed by atoms with E-state index in [-0.39, 0.29) is 24.7 Å². The second kappa shape index (κ2) is 9.01. The molecule has 1 heterocycles. The number of aromatic nitrogens is 2. The maximum Gasteiger partial charge on any atom is 0.226 e. The van der Waals surface area contributed by atoms with Crippen LogP contribution in [0.25, 0.3) is 0 Å². The molecule has 0 radical (unpaired) electrons. The highest BCUT2D eigenvalue weighted by Gasteiger charge is 2.07. The van der Waals surface area contributed by atoms with Crippen molar-refractivity contribution in [1.29, 1.82) is 0 Å². The lowest BCUT2D eigenvalue weighted by molar-refractivity contribution is -0.121. The molecule has 2 amide bonds. The Balaban J connectivity index is 2.43. The van der Waals surface area contributed by atoms with Crippen molar-refractivity contribution in [2.24, 2.45) is 0 Å². The average Bonchev–Trinajstić information content (AvgIpc) is 2.45. The van der Waals surface area contributed by atoms with Gasteiger partial charge in [0, 0.05) is 13.1 Å². The monoisotopic (exact) mass is 278 g/mol. The zero-order valence-corrected chi connectivity index (χ0v) is 12.1. The summed E-state index contributed by atoms with van der Waals surface area (Å²) in [6.45, 7) is 5.33. The van der Waals surface area contributed by atoms with E-state index in [9.17, 15) is 9.59 Å². The van der Waals surface area contributed by atoms with Gasteiger partial charge in [-0.25, -0.2) is 0 Å². The molecule has 1 aromatic heterocycles. The lowest BCUT2D eigenvalue weighted by atomic mass is 10.2. The van der Waals surface area contributed by atoms with Gasteiger partial charge >= 0.3 is 0 Å². The maximum atomic E-state index is 11.5. The number of amides is 2. The van der Waals surface area contributed by atoms with Gasteiger partial charge < -0.3 is 10.6 Å². The van der Waals surface area contributed by atoms with Crippen LogP contribution in [-0.4, -0.2) is 35.1 Å². The van der Waals surface area contributed by atoms with Crippen LogP contribution in [0.3, 0.4) is 0 Å². The number of hydrogen-bond acceptors (Lipinski definition) is 4. The molecule has 0 aliphatic heterocycles. The second-order valence-corrected chi connectivity index (χ2v) is 4.57. The minimum absolute atomic E-state index is 0.0606. The molecule has 0 saturated heterocycles. The summed E-state index contributed by atoms with van der Waals surface area (Å²) in [5.74, 6) is -0.121. The maximum absolute atomic E-state index is 11.5. The van der Waals surface area contributed by atoms with Crippen molar-refractivity contribution in [2.75, 3.05) is 13.1 Å². The number of rotatable bonds is 8. The first kappa shape index (κ1) is 16.1. The molecular formula is C14H22N4O2. The molecule has 0 atom stereocenters. The minimum Gasteiger partial charge on any atom is -0.356 e.